The van der Waals surface area contributed by atoms with Gasteiger partial charge in [-0.2, -0.15) is 0 Å². The summed E-state index contributed by atoms with van der Waals surface area (Å²) in [5.74, 6) is -1.50. The van der Waals surface area contributed by atoms with Crippen LogP contribution in [-0.2, 0) is 6.54 Å². The van der Waals surface area contributed by atoms with Crippen molar-refractivity contribution >= 4 is 5.69 Å². The van der Waals surface area contributed by atoms with Crippen molar-refractivity contribution in [1.29, 1.82) is 0 Å². The Bertz CT molecular complexity index is 1080. The number of benzene rings is 2. The van der Waals surface area contributed by atoms with E-state index < -0.39 is 22.4 Å². The lowest BCUT2D eigenvalue weighted by atomic mass is 9.95. The quantitative estimate of drug-likeness (QED) is 0.480. The Morgan fingerprint density at radius 1 is 1.10 bits per heavy atom. The van der Waals surface area contributed by atoms with Gasteiger partial charge in [0, 0.05) is 24.1 Å². The Balaban J connectivity index is 1.42. The van der Waals surface area contributed by atoms with Crippen LogP contribution in [0.3, 0.4) is 0 Å². The molecule has 0 unspecified atom stereocenters. The number of nitrogens with one attached hydrogen (secondary N) is 1. The summed E-state index contributed by atoms with van der Waals surface area (Å²) in [6, 6.07) is 7.57. The van der Waals surface area contributed by atoms with Crippen molar-refractivity contribution in [2.24, 2.45) is 0 Å². The van der Waals surface area contributed by atoms with E-state index in [0.29, 0.717) is 24.3 Å². The van der Waals surface area contributed by atoms with Crippen LogP contribution in [0.1, 0.15) is 30.1 Å². The summed E-state index contributed by atoms with van der Waals surface area (Å²) < 4.78 is 40.7. The third kappa shape index (κ3) is 4.06. The van der Waals surface area contributed by atoms with Crippen LogP contribution in [0.15, 0.2) is 42.6 Å². The predicted molar refractivity (Wildman–Crippen MR) is 104 cm³/mol. The Hall–Kier alpha value is -3.20. The van der Waals surface area contributed by atoms with E-state index in [0.717, 1.165) is 30.8 Å². The van der Waals surface area contributed by atoms with Crippen LogP contribution < -0.4 is 0 Å². The maximum atomic E-state index is 14.1. The van der Waals surface area contributed by atoms with Crippen molar-refractivity contribution in [2.45, 2.75) is 25.3 Å². The van der Waals surface area contributed by atoms with E-state index in [9.17, 15) is 23.3 Å². The van der Waals surface area contributed by atoms with Gasteiger partial charge in [0.05, 0.1) is 22.4 Å². The highest BCUT2D eigenvalue weighted by atomic mass is 19.2. The lowest BCUT2D eigenvalue weighted by Gasteiger charge is -2.31. The lowest BCUT2D eigenvalue weighted by Crippen LogP contribution is -2.33. The standard InChI is InChI=1S/C21H19F3N4O2/c22-16-2-1-3-20(28(29)30)15(16)12-27-8-6-13(7-9-27)21-25-11-19(26-21)14-4-5-17(23)18(24)10-14/h1-5,10-11,13H,6-9,12H2,(H,25,26). The van der Waals surface area contributed by atoms with Crippen LogP contribution in [0.5, 0.6) is 0 Å². The fraction of sp³-hybridized carbons (Fsp3) is 0.286. The van der Waals surface area contributed by atoms with Gasteiger partial charge in [-0.05, 0) is 50.2 Å². The van der Waals surface area contributed by atoms with Gasteiger partial charge < -0.3 is 4.98 Å². The number of imidazole rings is 1. The van der Waals surface area contributed by atoms with Crippen molar-refractivity contribution in [3.05, 3.63) is 81.5 Å². The second kappa shape index (κ2) is 8.27. The van der Waals surface area contributed by atoms with Crippen molar-refractivity contribution < 1.29 is 18.1 Å². The Morgan fingerprint density at radius 3 is 2.57 bits per heavy atom. The number of nitrogens with zero attached hydrogens (tertiary/aromatic N) is 3. The molecule has 6 nitrogen and oxygen atoms in total. The summed E-state index contributed by atoms with van der Waals surface area (Å²) in [4.78, 5) is 20.2. The third-order valence-corrected chi connectivity index (χ3v) is 5.47. The first-order valence-electron chi connectivity index (χ1n) is 9.57. The molecule has 3 aromatic rings. The summed E-state index contributed by atoms with van der Waals surface area (Å²) in [6.07, 6.45) is 3.08. The van der Waals surface area contributed by atoms with Gasteiger partial charge in [-0.25, -0.2) is 18.2 Å². The maximum Gasteiger partial charge on any atom is 0.276 e. The molecular formula is C21H19F3N4O2. The largest absolute Gasteiger partial charge is 0.342 e. The van der Waals surface area contributed by atoms with Crippen LogP contribution in [0, 0.1) is 27.6 Å². The summed E-state index contributed by atoms with van der Waals surface area (Å²) in [7, 11) is 0. The number of aromatic amines is 1. The number of likely N-dealkylation sites (tertiary alicyclic amines) is 1. The van der Waals surface area contributed by atoms with Crippen LogP contribution in [0.25, 0.3) is 11.3 Å². The molecule has 1 aromatic heterocycles. The molecule has 0 bridgehead atoms. The van der Waals surface area contributed by atoms with Crippen molar-refractivity contribution in [2.75, 3.05) is 13.1 Å². The monoisotopic (exact) mass is 416 g/mol. The maximum absolute atomic E-state index is 14.1. The first-order valence-corrected chi connectivity index (χ1v) is 9.57. The SMILES string of the molecule is O=[N+]([O-])c1cccc(F)c1CN1CCC(c2ncc(-c3ccc(F)c(F)c3)[nH]2)CC1. The van der Waals surface area contributed by atoms with Gasteiger partial charge in [0.25, 0.3) is 5.69 Å². The second-order valence-electron chi connectivity index (χ2n) is 7.36. The molecule has 0 radical (unpaired) electrons. The number of nitro groups is 1. The Kier molecular flexibility index (Phi) is 5.54. The third-order valence-electron chi connectivity index (χ3n) is 5.47. The fourth-order valence-corrected chi connectivity index (χ4v) is 3.82. The van der Waals surface area contributed by atoms with Gasteiger partial charge in [-0.1, -0.05) is 6.07 Å². The molecule has 1 saturated heterocycles. The van der Waals surface area contributed by atoms with Gasteiger partial charge in [0.1, 0.15) is 11.6 Å². The number of hydrogen-bond acceptors (Lipinski definition) is 4. The van der Waals surface area contributed by atoms with Gasteiger partial charge in [0.2, 0.25) is 0 Å². The van der Waals surface area contributed by atoms with E-state index >= 15 is 0 Å². The normalized spacial score (nSPS) is 15.4. The number of aromatic nitrogens is 2. The molecule has 156 valence electrons. The first-order chi connectivity index (χ1) is 14.4. The molecule has 2 heterocycles. The van der Waals surface area contributed by atoms with Gasteiger partial charge in [0.15, 0.2) is 11.6 Å². The number of halogens is 3. The molecule has 0 spiro atoms. The lowest BCUT2D eigenvalue weighted by molar-refractivity contribution is -0.386. The average Bonchev–Trinajstić information content (AvgIpc) is 3.22. The van der Waals surface area contributed by atoms with Crippen LogP contribution in [0.2, 0.25) is 0 Å². The van der Waals surface area contributed by atoms with Crippen LogP contribution in [-0.4, -0.2) is 32.9 Å². The molecule has 0 atom stereocenters. The Labute approximate surface area is 170 Å². The number of piperidine rings is 1. The smallest absolute Gasteiger partial charge is 0.276 e. The zero-order valence-electron chi connectivity index (χ0n) is 15.9. The number of H-pyrrole nitrogens is 1. The highest BCUT2D eigenvalue weighted by Gasteiger charge is 2.26. The molecule has 30 heavy (non-hydrogen) atoms. The predicted octanol–water partition coefficient (Wildman–Crippen LogP) is 4.78. The molecule has 1 fully saturated rings. The topological polar surface area (TPSA) is 75.1 Å². The summed E-state index contributed by atoms with van der Waals surface area (Å²) in [5.41, 5.74) is 1.00. The molecule has 1 N–H and O–H groups in total. The van der Waals surface area contributed by atoms with Crippen LogP contribution in [0.4, 0.5) is 18.9 Å². The summed E-state index contributed by atoms with van der Waals surface area (Å²) >= 11 is 0. The molecule has 0 amide bonds. The molecule has 0 aliphatic carbocycles. The van der Waals surface area contributed by atoms with Crippen LogP contribution >= 0.6 is 0 Å². The van der Waals surface area contributed by atoms with E-state index in [1.54, 1.807) is 6.20 Å². The minimum atomic E-state index is -0.917. The molecule has 4 rings (SSSR count). The highest BCUT2D eigenvalue weighted by molar-refractivity contribution is 5.58. The zero-order valence-corrected chi connectivity index (χ0v) is 15.9. The highest BCUT2D eigenvalue weighted by Crippen LogP contribution is 2.30. The van der Waals surface area contributed by atoms with E-state index in [4.69, 9.17) is 0 Å². The summed E-state index contributed by atoms with van der Waals surface area (Å²) in [6.45, 7) is 1.45. The van der Waals surface area contributed by atoms with E-state index in [1.807, 2.05) is 4.90 Å². The molecular weight excluding hydrogens is 397 g/mol. The average molecular weight is 416 g/mol. The van der Waals surface area contributed by atoms with E-state index in [2.05, 4.69) is 9.97 Å². The molecule has 1 aliphatic rings. The molecule has 9 heteroatoms. The van der Waals surface area contributed by atoms with Gasteiger partial charge in [-0.15, -0.1) is 0 Å². The number of rotatable bonds is 5. The van der Waals surface area contributed by atoms with E-state index in [-0.39, 0.29) is 23.7 Å². The van der Waals surface area contributed by atoms with Gasteiger partial charge in [-0.3, -0.25) is 15.0 Å². The molecule has 2 aromatic carbocycles. The van der Waals surface area contributed by atoms with E-state index in [1.165, 1.54) is 24.3 Å². The molecule has 1 aliphatic heterocycles. The summed E-state index contributed by atoms with van der Waals surface area (Å²) in [5, 5.41) is 11.2. The number of nitro benzene ring substituents is 1. The molecule has 0 saturated carbocycles. The number of hydrogen-bond donors (Lipinski definition) is 1. The first kappa shape index (κ1) is 20.1. The zero-order chi connectivity index (χ0) is 21.3. The van der Waals surface area contributed by atoms with Crippen molar-refractivity contribution in [1.82, 2.24) is 14.9 Å². The fourth-order valence-electron chi connectivity index (χ4n) is 3.82. The second-order valence-corrected chi connectivity index (χ2v) is 7.36. The Morgan fingerprint density at radius 2 is 1.87 bits per heavy atom. The van der Waals surface area contributed by atoms with Gasteiger partial charge >= 0.3 is 0 Å². The minimum absolute atomic E-state index is 0.0968. The minimum Gasteiger partial charge on any atom is -0.342 e. The van der Waals surface area contributed by atoms with Crippen molar-refractivity contribution in [3.63, 3.8) is 0 Å². The van der Waals surface area contributed by atoms with Crippen molar-refractivity contribution in [3.8, 4) is 11.3 Å².